The van der Waals surface area contributed by atoms with Crippen molar-refractivity contribution in [3.8, 4) is 0 Å². The summed E-state index contributed by atoms with van der Waals surface area (Å²) in [4.78, 5) is 10.8. The Morgan fingerprint density at radius 2 is 2.00 bits per heavy atom. The Morgan fingerprint density at radius 1 is 1.44 bits per heavy atom. The zero-order chi connectivity index (χ0) is 12.3. The van der Waals surface area contributed by atoms with E-state index in [1.54, 1.807) is 0 Å². The molecule has 0 radical (unpaired) electrons. The predicted octanol–water partition coefficient (Wildman–Crippen LogP) is 4.62. The molecule has 0 amide bonds. The highest BCUT2D eigenvalue weighted by Crippen LogP contribution is 2.38. The Kier molecular flexibility index (Phi) is 5.18. The highest BCUT2D eigenvalue weighted by atomic mass is 35.5. The summed E-state index contributed by atoms with van der Waals surface area (Å²) in [6.07, 6.45) is 0. The first-order chi connectivity index (χ1) is 7.45. The summed E-state index contributed by atoms with van der Waals surface area (Å²) in [6, 6.07) is 2.75. The van der Waals surface area contributed by atoms with Crippen LogP contribution in [0.25, 0.3) is 0 Å². The lowest BCUT2D eigenvalue weighted by Crippen LogP contribution is -1.99. The summed E-state index contributed by atoms with van der Waals surface area (Å²) >= 11 is 18.5. The van der Waals surface area contributed by atoms with Crippen LogP contribution in [-0.2, 0) is 0 Å². The van der Waals surface area contributed by atoms with Crippen molar-refractivity contribution in [2.45, 2.75) is 17.1 Å². The minimum absolute atomic E-state index is 0.0450. The van der Waals surface area contributed by atoms with Crippen molar-refractivity contribution < 1.29 is 4.92 Å². The average Bonchev–Trinajstić information content (AvgIpc) is 2.22. The van der Waals surface area contributed by atoms with Gasteiger partial charge in [0.15, 0.2) is 0 Å². The second kappa shape index (κ2) is 5.96. The Labute approximate surface area is 112 Å². The number of benzene rings is 1. The van der Waals surface area contributed by atoms with Gasteiger partial charge in [0.2, 0.25) is 0 Å². The van der Waals surface area contributed by atoms with E-state index in [1.165, 1.54) is 23.9 Å². The lowest BCUT2D eigenvalue weighted by Gasteiger charge is -2.08. The highest BCUT2D eigenvalue weighted by Gasteiger charge is 2.19. The topological polar surface area (TPSA) is 43.1 Å². The third-order valence-corrected chi connectivity index (χ3v) is 4.26. The molecule has 16 heavy (non-hydrogen) atoms. The molecule has 0 aliphatic rings. The Morgan fingerprint density at radius 3 is 2.50 bits per heavy atom. The lowest BCUT2D eigenvalue weighted by molar-refractivity contribution is -0.387. The van der Waals surface area contributed by atoms with Gasteiger partial charge < -0.3 is 0 Å². The zero-order valence-corrected chi connectivity index (χ0v) is 11.3. The number of rotatable bonds is 4. The van der Waals surface area contributed by atoms with Crippen molar-refractivity contribution in [1.82, 2.24) is 0 Å². The van der Waals surface area contributed by atoms with E-state index in [-0.39, 0.29) is 16.0 Å². The third kappa shape index (κ3) is 3.42. The number of hydrogen-bond donors (Lipinski definition) is 0. The quantitative estimate of drug-likeness (QED) is 0.353. The molecule has 1 aromatic rings. The second-order valence-electron chi connectivity index (χ2n) is 3.07. The van der Waals surface area contributed by atoms with E-state index < -0.39 is 4.92 Å². The molecule has 1 rings (SSSR count). The summed E-state index contributed by atoms with van der Waals surface area (Å²) < 4.78 is 0. The van der Waals surface area contributed by atoms with Gasteiger partial charge in [0.05, 0.1) is 19.9 Å². The molecule has 1 atom stereocenters. The van der Waals surface area contributed by atoms with Crippen LogP contribution in [0.4, 0.5) is 5.69 Å². The average molecular weight is 301 g/mol. The molecule has 0 aliphatic heterocycles. The van der Waals surface area contributed by atoms with E-state index in [2.05, 4.69) is 0 Å². The van der Waals surface area contributed by atoms with Crippen molar-refractivity contribution in [3.05, 3.63) is 32.3 Å². The molecule has 1 unspecified atom stereocenters. The van der Waals surface area contributed by atoms with Gasteiger partial charge in [0.25, 0.3) is 5.69 Å². The Bertz CT molecular complexity index is 414. The van der Waals surface area contributed by atoms with Crippen LogP contribution in [0.1, 0.15) is 6.92 Å². The molecule has 0 aliphatic carbocycles. The molecule has 0 saturated carbocycles. The largest absolute Gasteiger partial charge is 0.284 e. The predicted molar refractivity (Wildman–Crippen MR) is 69.2 cm³/mol. The van der Waals surface area contributed by atoms with Gasteiger partial charge in [-0.2, -0.15) is 0 Å². The molecule has 0 saturated heterocycles. The fraction of sp³-hybridized carbons (Fsp3) is 0.333. The Hall–Kier alpha value is -0.160. The van der Waals surface area contributed by atoms with Gasteiger partial charge in [0, 0.05) is 17.2 Å². The SMILES string of the molecule is CC(CCl)Sc1cc(Cl)c(Cl)cc1[N+](=O)[O-]. The summed E-state index contributed by atoms with van der Waals surface area (Å²) in [5.74, 6) is 0.405. The van der Waals surface area contributed by atoms with Gasteiger partial charge in [-0.25, -0.2) is 0 Å². The van der Waals surface area contributed by atoms with E-state index in [4.69, 9.17) is 34.8 Å². The van der Waals surface area contributed by atoms with Crippen molar-refractivity contribution in [1.29, 1.82) is 0 Å². The molecule has 0 bridgehead atoms. The van der Waals surface area contributed by atoms with E-state index in [1.807, 2.05) is 6.92 Å². The first-order valence-corrected chi connectivity index (χ1v) is 6.48. The van der Waals surface area contributed by atoms with Crippen LogP contribution in [0.2, 0.25) is 10.0 Å². The van der Waals surface area contributed by atoms with Crippen LogP contribution in [0.3, 0.4) is 0 Å². The van der Waals surface area contributed by atoms with Gasteiger partial charge in [-0.05, 0) is 6.07 Å². The van der Waals surface area contributed by atoms with Crippen molar-refractivity contribution in [3.63, 3.8) is 0 Å². The first kappa shape index (κ1) is 13.9. The van der Waals surface area contributed by atoms with Gasteiger partial charge in [-0.3, -0.25) is 10.1 Å². The third-order valence-electron chi connectivity index (χ3n) is 1.74. The van der Waals surface area contributed by atoms with Crippen LogP contribution in [0.5, 0.6) is 0 Å². The molecule has 0 heterocycles. The molecule has 1 aromatic carbocycles. The maximum atomic E-state index is 10.8. The molecular formula is C9H8Cl3NO2S. The molecule has 0 aromatic heterocycles. The number of nitro benzene ring substituents is 1. The smallest absolute Gasteiger partial charge is 0.258 e. The fourth-order valence-corrected chi connectivity index (χ4v) is 2.52. The van der Waals surface area contributed by atoms with Crippen LogP contribution in [-0.4, -0.2) is 16.1 Å². The number of thioether (sulfide) groups is 1. The molecule has 0 fully saturated rings. The van der Waals surface area contributed by atoms with Crippen LogP contribution < -0.4 is 0 Å². The van der Waals surface area contributed by atoms with Crippen LogP contribution in [0.15, 0.2) is 17.0 Å². The zero-order valence-electron chi connectivity index (χ0n) is 8.25. The number of hydrogen-bond acceptors (Lipinski definition) is 3. The molecule has 0 spiro atoms. The summed E-state index contributed by atoms with van der Waals surface area (Å²) in [6.45, 7) is 1.88. The highest BCUT2D eigenvalue weighted by molar-refractivity contribution is 8.00. The van der Waals surface area contributed by atoms with Gasteiger partial charge >= 0.3 is 0 Å². The summed E-state index contributed by atoms with van der Waals surface area (Å²) in [5.41, 5.74) is -0.0450. The number of alkyl halides is 1. The van der Waals surface area contributed by atoms with Crippen LogP contribution in [0, 0.1) is 10.1 Å². The summed E-state index contributed by atoms with van der Waals surface area (Å²) in [7, 11) is 0. The minimum Gasteiger partial charge on any atom is -0.258 e. The van der Waals surface area contributed by atoms with E-state index >= 15 is 0 Å². The molecule has 0 N–H and O–H groups in total. The van der Waals surface area contributed by atoms with Crippen molar-refractivity contribution in [2.75, 3.05) is 5.88 Å². The second-order valence-corrected chi connectivity index (χ2v) is 5.68. The number of halogens is 3. The van der Waals surface area contributed by atoms with Gasteiger partial charge in [-0.15, -0.1) is 23.4 Å². The lowest BCUT2D eigenvalue weighted by atomic mass is 10.3. The molecule has 88 valence electrons. The van der Waals surface area contributed by atoms with E-state index in [0.717, 1.165) is 0 Å². The van der Waals surface area contributed by atoms with E-state index in [0.29, 0.717) is 15.8 Å². The molecular weight excluding hydrogens is 293 g/mol. The Balaban J connectivity index is 3.14. The van der Waals surface area contributed by atoms with Gasteiger partial charge in [-0.1, -0.05) is 30.1 Å². The monoisotopic (exact) mass is 299 g/mol. The summed E-state index contributed by atoms with van der Waals surface area (Å²) in [5, 5.41) is 11.4. The van der Waals surface area contributed by atoms with E-state index in [9.17, 15) is 10.1 Å². The first-order valence-electron chi connectivity index (χ1n) is 4.31. The van der Waals surface area contributed by atoms with Crippen molar-refractivity contribution >= 4 is 52.3 Å². The maximum Gasteiger partial charge on any atom is 0.284 e. The standard InChI is InChI=1S/C9H8Cl3NO2S/c1-5(4-10)16-9-3-7(12)6(11)2-8(9)13(14)15/h2-3,5H,4H2,1H3. The van der Waals surface area contributed by atoms with Gasteiger partial charge in [0.1, 0.15) is 0 Å². The van der Waals surface area contributed by atoms with Crippen LogP contribution >= 0.6 is 46.6 Å². The molecule has 3 nitrogen and oxygen atoms in total. The maximum absolute atomic E-state index is 10.8. The normalized spacial score (nSPS) is 12.5. The van der Waals surface area contributed by atoms with Crippen molar-refractivity contribution in [2.24, 2.45) is 0 Å². The molecule has 7 heteroatoms. The number of nitrogens with zero attached hydrogens (tertiary/aromatic N) is 1. The fourth-order valence-electron chi connectivity index (χ4n) is 1.00. The minimum atomic E-state index is -0.481. The number of nitro groups is 1.